The molecule has 1 aliphatic rings. The van der Waals surface area contributed by atoms with Gasteiger partial charge in [0, 0.05) is 17.5 Å². The molecule has 0 spiro atoms. The molecule has 0 fully saturated rings. The number of carbonyl (C=O) groups is 1. The molecule has 3 aromatic carbocycles. The summed E-state index contributed by atoms with van der Waals surface area (Å²) in [5.41, 5.74) is 6.19. The molecule has 5 rings (SSSR count). The van der Waals surface area contributed by atoms with E-state index in [1.54, 1.807) is 0 Å². The summed E-state index contributed by atoms with van der Waals surface area (Å²) in [6.45, 7) is 2.39. The zero-order valence-electron chi connectivity index (χ0n) is 20.3. The van der Waals surface area contributed by atoms with Crippen molar-refractivity contribution in [1.29, 1.82) is 0 Å². The normalized spacial score (nSPS) is 14.8. The van der Waals surface area contributed by atoms with Crippen LogP contribution in [0, 0.1) is 6.92 Å². The van der Waals surface area contributed by atoms with Crippen LogP contribution in [0.15, 0.2) is 77.2 Å². The number of fused-ring (bicyclic) bond motifs is 1. The molecular formula is C31H29NO4. The predicted molar refractivity (Wildman–Crippen MR) is 141 cm³/mol. The fourth-order valence-corrected chi connectivity index (χ4v) is 4.79. The van der Waals surface area contributed by atoms with Crippen LogP contribution in [-0.2, 0) is 17.6 Å². The Morgan fingerprint density at radius 2 is 1.83 bits per heavy atom. The molecule has 1 aromatic heterocycles. The molecular weight excluding hydrogens is 450 g/mol. The molecule has 0 radical (unpaired) electrons. The highest BCUT2D eigenvalue weighted by atomic mass is 16.5. The van der Waals surface area contributed by atoms with E-state index < -0.39 is 5.97 Å². The van der Waals surface area contributed by atoms with Gasteiger partial charge in [-0.1, -0.05) is 60.7 Å². The van der Waals surface area contributed by atoms with Gasteiger partial charge in [-0.05, 0) is 66.6 Å². The molecule has 182 valence electrons. The number of aromatic nitrogens is 1. The average Bonchev–Trinajstić information content (AvgIpc) is 3.46. The summed E-state index contributed by atoms with van der Waals surface area (Å²) < 4.78 is 12.2. The summed E-state index contributed by atoms with van der Waals surface area (Å²) in [4.78, 5) is 16.1. The minimum absolute atomic E-state index is 0.0459. The van der Waals surface area contributed by atoms with Crippen molar-refractivity contribution in [3.05, 3.63) is 107 Å². The summed E-state index contributed by atoms with van der Waals surface area (Å²) in [7, 11) is 0. The van der Waals surface area contributed by atoms with Gasteiger partial charge in [0.25, 0.3) is 0 Å². The highest BCUT2D eigenvalue weighted by Gasteiger charge is 2.26. The van der Waals surface area contributed by atoms with Gasteiger partial charge in [-0.3, -0.25) is 4.79 Å². The molecule has 0 amide bonds. The summed E-state index contributed by atoms with van der Waals surface area (Å²) in [6.07, 6.45) is 6.62. The van der Waals surface area contributed by atoms with E-state index in [0.717, 1.165) is 52.3 Å². The zero-order valence-corrected chi connectivity index (χ0v) is 20.3. The highest BCUT2D eigenvalue weighted by Crippen LogP contribution is 2.39. The fourth-order valence-electron chi connectivity index (χ4n) is 4.79. The number of carboxylic acids is 1. The summed E-state index contributed by atoms with van der Waals surface area (Å²) in [5.74, 6) is 1.52. The van der Waals surface area contributed by atoms with E-state index in [1.165, 1.54) is 5.56 Å². The van der Waals surface area contributed by atoms with Crippen molar-refractivity contribution in [2.24, 2.45) is 0 Å². The number of rotatable bonds is 9. The molecule has 0 aliphatic heterocycles. The first-order valence-corrected chi connectivity index (χ1v) is 12.3. The van der Waals surface area contributed by atoms with Crippen molar-refractivity contribution in [1.82, 2.24) is 4.98 Å². The topological polar surface area (TPSA) is 72.6 Å². The van der Waals surface area contributed by atoms with E-state index in [9.17, 15) is 9.90 Å². The third-order valence-electron chi connectivity index (χ3n) is 6.66. The number of hydrogen-bond acceptors (Lipinski definition) is 4. The number of aliphatic carboxylic acids is 1. The quantitative estimate of drug-likeness (QED) is 0.263. The molecule has 1 N–H and O–H groups in total. The molecule has 1 aliphatic carbocycles. The van der Waals surface area contributed by atoms with Crippen LogP contribution in [0.2, 0.25) is 0 Å². The first-order valence-electron chi connectivity index (χ1n) is 12.3. The van der Waals surface area contributed by atoms with Gasteiger partial charge < -0.3 is 14.3 Å². The molecule has 0 saturated carbocycles. The standard InChI is InChI=1S/C31H29NO4/c1-21-28(32-31(36-21)23-10-6-3-7-11-23)16-17-35-29-19-24-14-15-25(20-30(33)34)27(24)18-26(29)13-12-22-8-4-2-5-9-22/h2-13,18-19,25H,14-17,20H2,1H3,(H,33,34)/b13-12-/t25-/m0/s1. The summed E-state index contributed by atoms with van der Waals surface area (Å²) >= 11 is 0. The lowest BCUT2D eigenvalue weighted by molar-refractivity contribution is -0.137. The second-order valence-electron chi connectivity index (χ2n) is 9.15. The van der Waals surface area contributed by atoms with Gasteiger partial charge >= 0.3 is 5.97 Å². The van der Waals surface area contributed by atoms with E-state index in [2.05, 4.69) is 41.4 Å². The number of nitrogens with zero attached hydrogens (tertiary/aromatic N) is 1. The maximum Gasteiger partial charge on any atom is 0.303 e. The van der Waals surface area contributed by atoms with Crippen LogP contribution in [0.3, 0.4) is 0 Å². The minimum atomic E-state index is -0.757. The van der Waals surface area contributed by atoms with Crippen molar-refractivity contribution in [3.63, 3.8) is 0 Å². The predicted octanol–water partition coefficient (Wildman–Crippen LogP) is 6.95. The van der Waals surface area contributed by atoms with E-state index >= 15 is 0 Å². The lowest BCUT2D eigenvalue weighted by Gasteiger charge is -2.14. The van der Waals surface area contributed by atoms with Gasteiger partial charge in [0.2, 0.25) is 5.89 Å². The van der Waals surface area contributed by atoms with Crippen LogP contribution in [0.25, 0.3) is 23.6 Å². The first-order chi connectivity index (χ1) is 17.6. The molecule has 1 atom stereocenters. The zero-order chi connectivity index (χ0) is 24.9. The molecule has 0 bridgehead atoms. The molecule has 1 heterocycles. The Hall–Kier alpha value is -4.12. The number of ether oxygens (including phenoxy) is 1. The molecule has 0 unspecified atom stereocenters. The van der Waals surface area contributed by atoms with Crippen LogP contribution in [0.4, 0.5) is 0 Å². The molecule has 5 heteroatoms. The lowest BCUT2D eigenvalue weighted by Crippen LogP contribution is -2.06. The Kier molecular flexibility index (Phi) is 6.99. The van der Waals surface area contributed by atoms with E-state index in [-0.39, 0.29) is 12.3 Å². The molecule has 36 heavy (non-hydrogen) atoms. The monoisotopic (exact) mass is 479 g/mol. The van der Waals surface area contributed by atoms with Crippen molar-refractivity contribution in [2.45, 2.75) is 38.5 Å². The Labute approximate surface area is 211 Å². The number of carboxylic acid groups (broad SMARTS) is 1. The third kappa shape index (κ3) is 5.41. The lowest BCUT2D eigenvalue weighted by atomic mass is 9.95. The number of aryl methyl sites for hydroxylation is 2. The van der Waals surface area contributed by atoms with Crippen molar-refractivity contribution < 1.29 is 19.1 Å². The molecule has 0 saturated heterocycles. The third-order valence-corrected chi connectivity index (χ3v) is 6.66. The number of hydrogen-bond donors (Lipinski definition) is 1. The van der Waals surface area contributed by atoms with Gasteiger partial charge in [-0.25, -0.2) is 4.98 Å². The van der Waals surface area contributed by atoms with E-state index in [4.69, 9.17) is 9.15 Å². The second kappa shape index (κ2) is 10.6. The SMILES string of the molecule is Cc1oc(-c2ccccc2)nc1CCOc1cc2c(cc1/C=C\c1ccccc1)[C@H](CC(=O)O)CC2. The largest absolute Gasteiger partial charge is 0.493 e. The summed E-state index contributed by atoms with van der Waals surface area (Å²) in [6, 6.07) is 24.2. The van der Waals surface area contributed by atoms with Crippen molar-refractivity contribution in [2.75, 3.05) is 6.61 Å². The Balaban J connectivity index is 1.36. The van der Waals surface area contributed by atoms with Gasteiger partial charge in [-0.2, -0.15) is 0 Å². The van der Waals surface area contributed by atoms with Gasteiger partial charge in [0.05, 0.1) is 18.7 Å². The highest BCUT2D eigenvalue weighted by molar-refractivity contribution is 5.74. The fraction of sp³-hybridized carbons (Fsp3) is 0.226. The Morgan fingerprint density at radius 3 is 2.58 bits per heavy atom. The van der Waals surface area contributed by atoms with E-state index in [0.29, 0.717) is 18.9 Å². The number of benzene rings is 3. The molecule has 5 nitrogen and oxygen atoms in total. The average molecular weight is 480 g/mol. The maximum atomic E-state index is 11.4. The first kappa shape index (κ1) is 23.6. The van der Waals surface area contributed by atoms with Gasteiger partial charge in [0.1, 0.15) is 11.5 Å². The smallest absolute Gasteiger partial charge is 0.303 e. The van der Waals surface area contributed by atoms with Gasteiger partial charge in [-0.15, -0.1) is 0 Å². The van der Waals surface area contributed by atoms with Crippen molar-refractivity contribution in [3.8, 4) is 17.2 Å². The van der Waals surface area contributed by atoms with Crippen LogP contribution >= 0.6 is 0 Å². The van der Waals surface area contributed by atoms with E-state index in [1.807, 2.05) is 55.5 Å². The van der Waals surface area contributed by atoms with Crippen LogP contribution in [0.1, 0.15) is 52.5 Å². The van der Waals surface area contributed by atoms with Crippen LogP contribution < -0.4 is 4.74 Å². The van der Waals surface area contributed by atoms with Crippen LogP contribution in [0.5, 0.6) is 5.75 Å². The number of oxazole rings is 1. The Bertz CT molecular complexity index is 1370. The Morgan fingerprint density at radius 1 is 1.08 bits per heavy atom. The maximum absolute atomic E-state index is 11.4. The van der Waals surface area contributed by atoms with Crippen LogP contribution in [-0.4, -0.2) is 22.7 Å². The summed E-state index contributed by atoms with van der Waals surface area (Å²) in [5, 5.41) is 9.34. The van der Waals surface area contributed by atoms with Crippen molar-refractivity contribution >= 4 is 18.1 Å². The molecule has 4 aromatic rings. The minimum Gasteiger partial charge on any atom is -0.493 e. The second-order valence-corrected chi connectivity index (χ2v) is 9.15. The van der Waals surface area contributed by atoms with Gasteiger partial charge in [0.15, 0.2) is 0 Å².